The van der Waals surface area contributed by atoms with Crippen molar-refractivity contribution in [3.05, 3.63) is 59.7 Å². The normalized spacial score (nSPS) is 15.6. The van der Waals surface area contributed by atoms with Crippen molar-refractivity contribution in [1.29, 1.82) is 0 Å². The zero-order valence-electron chi connectivity index (χ0n) is 17.0. The molecule has 1 heterocycles. The van der Waals surface area contributed by atoms with Crippen molar-refractivity contribution in [2.24, 2.45) is 0 Å². The molecule has 150 valence electrons. The van der Waals surface area contributed by atoms with Gasteiger partial charge in [0.2, 0.25) is 0 Å². The summed E-state index contributed by atoms with van der Waals surface area (Å²) < 4.78 is 5.60. The summed E-state index contributed by atoms with van der Waals surface area (Å²) in [5, 5.41) is 3.62. The van der Waals surface area contributed by atoms with Gasteiger partial charge in [-0.1, -0.05) is 44.2 Å². The van der Waals surface area contributed by atoms with E-state index in [2.05, 4.69) is 30.1 Å². The van der Waals surface area contributed by atoms with E-state index in [4.69, 9.17) is 4.74 Å². The summed E-state index contributed by atoms with van der Waals surface area (Å²) in [6.07, 6.45) is 2.40. The fraction of sp³-hybridized carbons (Fsp3) is 0.435. The predicted molar refractivity (Wildman–Crippen MR) is 116 cm³/mol. The number of amides is 1. The zero-order chi connectivity index (χ0) is 19.9. The summed E-state index contributed by atoms with van der Waals surface area (Å²) in [6, 6.07) is 16.1. The SMILES string of the molecule is COc1ccccc1C(CNC(=O)c1ccccc1SC(C)C)N1CCCC1. The van der Waals surface area contributed by atoms with E-state index in [1.165, 1.54) is 12.8 Å². The monoisotopic (exact) mass is 398 g/mol. The van der Waals surface area contributed by atoms with Gasteiger partial charge < -0.3 is 10.1 Å². The molecule has 1 aliphatic heterocycles. The minimum Gasteiger partial charge on any atom is -0.496 e. The third-order valence-electron chi connectivity index (χ3n) is 5.03. The van der Waals surface area contributed by atoms with Crippen LogP contribution in [0.2, 0.25) is 0 Å². The van der Waals surface area contributed by atoms with Crippen molar-refractivity contribution in [3.8, 4) is 5.75 Å². The van der Waals surface area contributed by atoms with Crippen LogP contribution in [0.4, 0.5) is 0 Å². The van der Waals surface area contributed by atoms with Crippen LogP contribution in [0.3, 0.4) is 0 Å². The molecule has 1 aliphatic rings. The minimum absolute atomic E-state index is 0.0113. The largest absolute Gasteiger partial charge is 0.496 e. The molecule has 0 radical (unpaired) electrons. The first kappa shape index (κ1) is 20.7. The fourth-order valence-electron chi connectivity index (χ4n) is 3.73. The van der Waals surface area contributed by atoms with E-state index in [0.717, 1.165) is 34.9 Å². The maximum absolute atomic E-state index is 13.0. The number of ether oxygens (including phenoxy) is 1. The second-order valence-electron chi connectivity index (χ2n) is 7.37. The van der Waals surface area contributed by atoms with E-state index in [0.29, 0.717) is 11.8 Å². The molecular formula is C23H30N2O2S. The third kappa shape index (κ3) is 5.09. The van der Waals surface area contributed by atoms with Crippen LogP contribution in [-0.4, -0.2) is 42.8 Å². The Morgan fingerprint density at radius 3 is 2.50 bits per heavy atom. The van der Waals surface area contributed by atoms with Gasteiger partial charge in [0.15, 0.2) is 0 Å². The molecule has 1 saturated heterocycles. The van der Waals surface area contributed by atoms with Crippen LogP contribution < -0.4 is 10.1 Å². The van der Waals surface area contributed by atoms with E-state index in [9.17, 15) is 4.79 Å². The highest BCUT2D eigenvalue weighted by Gasteiger charge is 2.26. The van der Waals surface area contributed by atoms with Crippen molar-refractivity contribution in [3.63, 3.8) is 0 Å². The van der Waals surface area contributed by atoms with Crippen molar-refractivity contribution in [1.82, 2.24) is 10.2 Å². The van der Waals surface area contributed by atoms with Crippen LogP contribution in [0.25, 0.3) is 0 Å². The molecule has 0 saturated carbocycles. The number of nitrogens with zero attached hydrogens (tertiary/aromatic N) is 1. The highest BCUT2D eigenvalue weighted by atomic mass is 32.2. The lowest BCUT2D eigenvalue weighted by atomic mass is 10.0. The average molecular weight is 399 g/mol. The second kappa shape index (κ2) is 9.99. The maximum atomic E-state index is 13.0. The number of carbonyl (C=O) groups excluding carboxylic acids is 1. The molecule has 5 heteroatoms. The summed E-state index contributed by atoms with van der Waals surface area (Å²) in [5.74, 6) is 0.868. The molecule has 1 atom stereocenters. The summed E-state index contributed by atoms with van der Waals surface area (Å²) >= 11 is 1.72. The average Bonchev–Trinajstić information content (AvgIpc) is 3.23. The number of rotatable bonds is 8. The topological polar surface area (TPSA) is 41.6 Å². The third-order valence-corrected chi connectivity index (χ3v) is 6.11. The zero-order valence-corrected chi connectivity index (χ0v) is 17.8. The standard InChI is InChI=1S/C23H30N2O2S/c1-17(2)28-22-13-7-5-11-19(22)23(26)24-16-20(25-14-8-9-15-25)18-10-4-6-12-21(18)27-3/h4-7,10-13,17,20H,8-9,14-16H2,1-3H3,(H,24,26). The lowest BCUT2D eigenvalue weighted by molar-refractivity contribution is 0.0934. The Bertz CT molecular complexity index is 788. The summed E-state index contributed by atoms with van der Waals surface area (Å²) in [4.78, 5) is 16.5. The number of methoxy groups -OCH3 is 1. The van der Waals surface area contributed by atoms with Crippen molar-refractivity contribution in [2.75, 3.05) is 26.7 Å². The van der Waals surface area contributed by atoms with Crippen LogP contribution in [0.15, 0.2) is 53.4 Å². The van der Waals surface area contributed by atoms with E-state index < -0.39 is 0 Å². The lowest BCUT2D eigenvalue weighted by Crippen LogP contribution is -2.37. The van der Waals surface area contributed by atoms with E-state index in [-0.39, 0.29) is 11.9 Å². The van der Waals surface area contributed by atoms with Crippen LogP contribution in [0.5, 0.6) is 5.75 Å². The number of para-hydroxylation sites is 1. The molecule has 0 aliphatic carbocycles. The Kier molecular flexibility index (Phi) is 7.40. The molecular weight excluding hydrogens is 368 g/mol. The summed E-state index contributed by atoms with van der Waals surface area (Å²) in [5.41, 5.74) is 1.89. The molecule has 2 aromatic rings. The first-order valence-corrected chi connectivity index (χ1v) is 10.9. The van der Waals surface area contributed by atoms with Gasteiger partial charge in [-0.2, -0.15) is 0 Å². The van der Waals surface area contributed by atoms with E-state index >= 15 is 0 Å². The van der Waals surface area contributed by atoms with Crippen LogP contribution in [-0.2, 0) is 0 Å². The predicted octanol–water partition coefficient (Wildman–Crippen LogP) is 4.76. The summed E-state index contributed by atoms with van der Waals surface area (Å²) in [7, 11) is 1.71. The van der Waals surface area contributed by atoms with Crippen molar-refractivity contribution in [2.45, 2.75) is 42.9 Å². The van der Waals surface area contributed by atoms with Crippen molar-refractivity contribution >= 4 is 17.7 Å². The molecule has 1 fully saturated rings. The number of thioether (sulfide) groups is 1. The van der Waals surface area contributed by atoms with Gasteiger partial charge in [0.1, 0.15) is 5.75 Å². The molecule has 3 rings (SSSR count). The lowest BCUT2D eigenvalue weighted by Gasteiger charge is -2.29. The highest BCUT2D eigenvalue weighted by molar-refractivity contribution is 8.00. The number of nitrogens with one attached hydrogen (secondary N) is 1. The van der Waals surface area contributed by atoms with Gasteiger partial charge in [0.05, 0.1) is 18.7 Å². The van der Waals surface area contributed by atoms with Crippen LogP contribution >= 0.6 is 11.8 Å². The number of likely N-dealkylation sites (tertiary alicyclic amines) is 1. The Morgan fingerprint density at radius 1 is 1.11 bits per heavy atom. The Morgan fingerprint density at radius 2 is 1.79 bits per heavy atom. The first-order chi connectivity index (χ1) is 13.6. The van der Waals surface area contributed by atoms with Gasteiger partial charge in [-0.15, -0.1) is 11.8 Å². The molecule has 2 aromatic carbocycles. The molecule has 1 amide bonds. The number of benzene rings is 2. The van der Waals surface area contributed by atoms with Gasteiger partial charge in [-0.3, -0.25) is 9.69 Å². The molecule has 0 aromatic heterocycles. The van der Waals surface area contributed by atoms with E-state index in [1.807, 2.05) is 42.5 Å². The highest BCUT2D eigenvalue weighted by Crippen LogP contribution is 2.31. The molecule has 28 heavy (non-hydrogen) atoms. The molecule has 4 nitrogen and oxygen atoms in total. The van der Waals surface area contributed by atoms with Crippen molar-refractivity contribution < 1.29 is 9.53 Å². The first-order valence-electron chi connectivity index (χ1n) is 10.0. The Labute approximate surface area is 172 Å². The molecule has 0 spiro atoms. The number of hydrogen-bond acceptors (Lipinski definition) is 4. The van der Waals surface area contributed by atoms with Gasteiger partial charge >= 0.3 is 0 Å². The molecule has 1 N–H and O–H groups in total. The second-order valence-corrected chi connectivity index (χ2v) is 8.99. The molecule has 1 unspecified atom stereocenters. The maximum Gasteiger partial charge on any atom is 0.252 e. The Balaban J connectivity index is 1.78. The molecule has 0 bridgehead atoms. The van der Waals surface area contributed by atoms with Gasteiger partial charge in [-0.05, 0) is 44.1 Å². The van der Waals surface area contributed by atoms with Gasteiger partial charge in [-0.25, -0.2) is 0 Å². The smallest absolute Gasteiger partial charge is 0.252 e. The quantitative estimate of drug-likeness (QED) is 0.651. The number of carbonyl (C=O) groups is 1. The minimum atomic E-state index is -0.0113. The van der Waals surface area contributed by atoms with Crippen LogP contribution in [0, 0.1) is 0 Å². The van der Waals surface area contributed by atoms with Crippen LogP contribution in [0.1, 0.15) is 48.7 Å². The van der Waals surface area contributed by atoms with Gasteiger partial charge in [0, 0.05) is 22.3 Å². The fourth-order valence-corrected chi connectivity index (χ4v) is 4.68. The van der Waals surface area contributed by atoms with Gasteiger partial charge in [0.25, 0.3) is 5.91 Å². The number of hydrogen-bond donors (Lipinski definition) is 1. The van der Waals surface area contributed by atoms with E-state index in [1.54, 1.807) is 18.9 Å². The Hall–Kier alpha value is -1.98. The summed E-state index contributed by atoms with van der Waals surface area (Å²) in [6.45, 7) is 6.96.